The van der Waals surface area contributed by atoms with Gasteiger partial charge in [-0.05, 0) is 80.0 Å². The van der Waals surface area contributed by atoms with E-state index in [1.54, 1.807) is 7.11 Å². The number of rotatable bonds is 6. The fraction of sp³-hybridized carbons (Fsp3) is 0.481. The number of hydrogen-bond acceptors (Lipinski definition) is 4. The normalized spacial score (nSPS) is 24.8. The van der Waals surface area contributed by atoms with E-state index in [9.17, 15) is 9.59 Å². The lowest BCUT2D eigenvalue weighted by atomic mass is 9.75. The molecule has 2 saturated heterocycles. The Labute approximate surface area is 196 Å². The van der Waals surface area contributed by atoms with Gasteiger partial charge in [-0.2, -0.15) is 0 Å². The van der Waals surface area contributed by atoms with Gasteiger partial charge in [-0.3, -0.25) is 9.59 Å². The van der Waals surface area contributed by atoms with Crippen LogP contribution < -0.4 is 15.4 Å². The Hall–Kier alpha value is -2.86. The summed E-state index contributed by atoms with van der Waals surface area (Å²) in [6.07, 6.45) is 2.88. The summed E-state index contributed by atoms with van der Waals surface area (Å²) in [6.45, 7) is 5.18. The molecule has 0 aromatic heterocycles. The van der Waals surface area contributed by atoms with E-state index < -0.39 is 0 Å². The molecule has 4 rings (SSSR count). The Morgan fingerprint density at radius 2 is 2.03 bits per heavy atom. The highest BCUT2D eigenvalue weighted by Crippen LogP contribution is 2.39. The summed E-state index contributed by atoms with van der Waals surface area (Å²) in [4.78, 5) is 27.9. The SMILES string of the molecule is COc1cccc(CCC(=O)Nc2ccc(C)c(C3CC4CNC(C)CC4N(C)C3=O)c2)c1. The first kappa shape index (κ1) is 23.3. The molecule has 0 saturated carbocycles. The second-order valence-corrected chi connectivity index (χ2v) is 9.58. The Morgan fingerprint density at radius 3 is 2.82 bits per heavy atom. The summed E-state index contributed by atoms with van der Waals surface area (Å²) in [5.74, 6) is 1.23. The molecular weight excluding hydrogens is 414 g/mol. The second kappa shape index (κ2) is 9.96. The van der Waals surface area contributed by atoms with E-state index in [1.165, 1.54) is 0 Å². The molecule has 2 aromatic carbocycles. The maximum Gasteiger partial charge on any atom is 0.230 e. The smallest absolute Gasteiger partial charge is 0.230 e. The Kier molecular flexibility index (Phi) is 7.03. The highest BCUT2D eigenvalue weighted by atomic mass is 16.5. The molecule has 0 bridgehead atoms. The maximum atomic E-state index is 13.3. The van der Waals surface area contributed by atoms with Gasteiger partial charge in [0.2, 0.25) is 11.8 Å². The van der Waals surface area contributed by atoms with Crippen molar-refractivity contribution in [3.05, 3.63) is 59.2 Å². The van der Waals surface area contributed by atoms with E-state index in [0.717, 1.165) is 47.5 Å². The van der Waals surface area contributed by atoms with Crippen molar-refractivity contribution in [2.75, 3.05) is 26.0 Å². The number of benzene rings is 2. The molecular formula is C27H35N3O3. The number of nitrogens with zero attached hydrogens (tertiary/aromatic N) is 1. The van der Waals surface area contributed by atoms with Gasteiger partial charge < -0.3 is 20.3 Å². The van der Waals surface area contributed by atoms with Crippen LogP contribution in [0.5, 0.6) is 5.75 Å². The topological polar surface area (TPSA) is 70.7 Å². The summed E-state index contributed by atoms with van der Waals surface area (Å²) in [7, 11) is 3.59. The van der Waals surface area contributed by atoms with Crippen LogP contribution in [0.4, 0.5) is 5.69 Å². The quantitative estimate of drug-likeness (QED) is 0.702. The zero-order valence-corrected chi connectivity index (χ0v) is 20.1. The number of aryl methyl sites for hydroxylation is 2. The molecule has 176 valence electrons. The number of piperidine rings is 2. The van der Waals surface area contributed by atoms with Crippen LogP contribution in [0.15, 0.2) is 42.5 Å². The van der Waals surface area contributed by atoms with Gasteiger partial charge in [0, 0.05) is 37.8 Å². The zero-order chi connectivity index (χ0) is 23.5. The fourth-order valence-corrected chi connectivity index (χ4v) is 5.32. The van der Waals surface area contributed by atoms with Crippen molar-refractivity contribution in [3.8, 4) is 5.75 Å². The first-order valence-electron chi connectivity index (χ1n) is 11.9. The van der Waals surface area contributed by atoms with Gasteiger partial charge in [0.15, 0.2) is 0 Å². The Balaban J connectivity index is 1.44. The number of anilines is 1. The Bertz CT molecular complexity index is 1020. The molecule has 4 unspecified atom stereocenters. The lowest BCUT2D eigenvalue weighted by Crippen LogP contribution is -2.57. The molecule has 2 aliphatic rings. The number of ether oxygens (including phenoxy) is 1. The van der Waals surface area contributed by atoms with Crippen LogP contribution in [0.25, 0.3) is 0 Å². The van der Waals surface area contributed by atoms with Gasteiger partial charge >= 0.3 is 0 Å². The maximum absolute atomic E-state index is 13.3. The second-order valence-electron chi connectivity index (χ2n) is 9.58. The molecule has 6 heteroatoms. The van der Waals surface area contributed by atoms with Gasteiger partial charge in [0.05, 0.1) is 13.0 Å². The van der Waals surface area contributed by atoms with E-state index in [0.29, 0.717) is 30.8 Å². The van der Waals surface area contributed by atoms with Gasteiger partial charge in [0.25, 0.3) is 0 Å². The fourth-order valence-electron chi connectivity index (χ4n) is 5.32. The molecule has 33 heavy (non-hydrogen) atoms. The molecule has 2 heterocycles. The third-order valence-electron chi connectivity index (χ3n) is 7.26. The van der Waals surface area contributed by atoms with Crippen molar-refractivity contribution in [2.24, 2.45) is 5.92 Å². The predicted octanol–water partition coefficient (Wildman–Crippen LogP) is 3.89. The van der Waals surface area contributed by atoms with Crippen LogP contribution in [0.2, 0.25) is 0 Å². The highest BCUT2D eigenvalue weighted by molar-refractivity contribution is 5.91. The number of methoxy groups -OCH3 is 1. The van der Waals surface area contributed by atoms with E-state index in [1.807, 2.05) is 61.3 Å². The summed E-state index contributed by atoms with van der Waals surface area (Å²) in [5.41, 5.74) is 3.93. The lowest BCUT2D eigenvalue weighted by Gasteiger charge is -2.47. The average molecular weight is 450 g/mol. The van der Waals surface area contributed by atoms with Crippen molar-refractivity contribution in [3.63, 3.8) is 0 Å². The van der Waals surface area contributed by atoms with Crippen LogP contribution >= 0.6 is 0 Å². The summed E-state index contributed by atoms with van der Waals surface area (Å²) >= 11 is 0. The lowest BCUT2D eigenvalue weighted by molar-refractivity contribution is -0.140. The number of nitrogens with one attached hydrogen (secondary N) is 2. The number of hydrogen-bond donors (Lipinski definition) is 2. The third-order valence-corrected chi connectivity index (χ3v) is 7.26. The largest absolute Gasteiger partial charge is 0.497 e. The monoisotopic (exact) mass is 449 g/mol. The summed E-state index contributed by atoms with van der Waals surface area (Å²) in [6, 6.07) is 14.5. The minimum atomic E-state index is -0.167. The van der Waals surface area contributed by atoms with Crippen LogP contribution in [0, 0.1) is 12.8 Å². The molecule has 6 nitrogen and oxygen atoms in total. The van der Waals surface area contributed by atoms with Crippen molar-refractivity contribution in [2.45, 2.75) is 57.5 Å². The van der Waals surface area contributed by atoms with Crippen LogP contribution in [-0.4, -0.2) is 49.5 Å². The number of amides is 2. The minimum Gasteiger partial charge on any atom is -0.497 e. The number of fused-ring (bicyclic) bond motifs is 1. The van der Waals surface area contributed by atoms with E-state index in [4.69, 9.17) is 4.74 Å². The standard InChI is InChI=1S/C27H35N3O3/c1-17-8-10-21(29-26(31)11-9-19-6-5-7-22(13-19)33-4)15-23(17)24-14-20-16-28-18(2)12-25(20)30(3)27(24)32/h5-8,10,13,15,18,20,24-25,28H,9,11-12,14,16H2,1-4H3,(H,29,31). The zero-order valence-electron chi connectivity index (χ0n) is 20.1. The average Bonchev–Trinajstić information content (AvgIpc) is 2.82. The number of likely N-dealkylation sites (tertiary alicyclic amines) is 1. The van der Waals surface area contributed by atoms with Gasteiger partial charge in [-0.15, -0.1) is 0 Å². The van der Waals surface area contributed by atoms with E-state index in [-0.39, 0.29) is 17.7 Å². The first-order valence-corrected chi connectivity index (χ1v) is 11.9. The highest BCUT2D eigenvalue weighted by Gasteiger charge is 2.43. The number of likely N-dealkylation sites (N-methyl/N-ethyl adjacent to an activating group) is 1. The van der Waals surface area contributed by atoms with Gasteiger partial charge in [-0.1, -0.05) is 18.2 Å². The van der Waals surface area contributed by atoms with E-state index >= 15 is 0 Å². The van der Waals surface area contributed by atoms with Crippen LogP contribution in [0.3, 0.4) is 0 Å². The molecule has 0 radical (unpaired) electrons. The summed E-state index contributed by atoms with van der Waals surface area (Å²) in [5, 5.41) is 6.60. The molecule has 0 aliphatic carbocycles. The van der Waals surface area contributed by atoms with Crippen molar-refractivity contribution >= 4 is 17.5 Å². The van der Waals surface area contributed by atoms with Crippen LogP contribution in [0.1, 0.15) is 48.8 Å². The molecule has 0 spiro atoms. The van der Waals surface area contributed by atoms with Crippen molar-refractivity contribution < 1.29 is 14.3 Å². The number of carbonyl (C=O) groups excluding carboxylic acids is 2. The van der Waals surface area contributed by atoms with E-state index in [2.05, 4.69) is 17.6 Å². The Morgan fingerprint density at radius 1 is 1.21 bits per heavy atom. The van der Waals surface area contributed by atoms with Gasteiger partial charge in [0.1, 0.15) is 5.75 Å². The summed E-state index contributed by atoms with van der Waals surface area (Å²) < 4.78 is 5.26. The molecule has 2 fully saturated rings. The molecule has 2 amide bonds. The first-order chi connectivity index (χ1) is 15.9. The molecule has 2 N–H and O–H groups in total. The van der Waals surface area contributed by atoms with Crippen molar-refractivity contribution in [1.29, 1.82) is 0 Å². The molecule has 2 aromatic rings. The predicted molar refractivity (Wildman–Crippen MR) is 131 cm³/mol. The molecule has 4 atom stereocenters. The third kappa shape index (κ3) is 5.22. The van der Waals surface area contributed by atoms with Crippen molar-refractivity contribution in [1.82, 2.24) is 10.2 Å². The molecule has 2 aliphatic heterocycles. The van der Waals surface area contributed by atoms with Crippen LogP contribution in [-0.2, 0) is 16.0 Å². The number of carbonyl (C=O) groups is 2. The van der Waals surface area contributed by atoms with Gasteiger partial charge in [-0.25, -0.2) is 0 Å². The minimum absolute atomic E-state index is 0.0368.